The van der Waals surface area contributed by atoms with Gasteiger partial charge in [-0.15, -0.1) is 23.5 Å². The maximum atomic E-state index is 10.6. The van der Waals surface area contributed by atoms with Crippen LogP contribution in [0.15, 0.2) is 42.5 Å². The van der Waals surface area contributed by atoms with Crippen molar-refractivity contribution in [2.75, 3.05) is 11.5 Å². The zero-order chi connectivity index (χ0) is 18.7. The Morgan fingerprint density at radius 1 is 1.19 bits per heavy atom. The Morgan fingerprint density at radius 2 is 1.92 bits per heavy atom. The van der Waals surface area contributed by atoms with E-state index in [4.69, 9.17) is 16.7 Å². The first-order valence-corrected chi connectivity index (χ1v) is 10.6. The number of thioether (sulfide) groups is 2. The third-order valence-corrected chi connectivity index (χ3v) is 7.80. The van der Waals surface area contributed by atoms with Crippen LogP contribution in [0.2, 0.25) is 5.02 Å². The molecule has 3 nitrogen and oxygen atoms in total. The van der Waals surface area contributed by atoms with Gasteiger partial charge in [-0.2, -0.15) is 0 Å². The molecule has 0 aromatic heterocycles. The highest BCUT2D eigenvalue weighted by molar-refractivity contribution is 8.18. The zero-order valence-electron chi connectivity index (χ0n) is 14.2. The van der Waals surface area contributed by atoms with Crippen LogP contribution < -0.4 is 0 Å². The Labute approximate surface area is 166 Å². The van der Waals surface area contributed by atoms with Crippen molar-refractivity contribution in [1.29, 1.82) is 0 Å². The SMILES string of the molecule is CC1(c2cc(-c3ccc(/C=C/C(=O)O)cc3Cl)ccc2O)SCCCS1. The maximum absolute atomic E-state index is 10.6. The van der Waals surface area contributed by atoms with Crippen LogP contribution in [0.1, 0.15) is 24.5 Å². The Morgan fingerprint density at radius 3 is 2.58 bits per heavy atom. The molecule has 0 bridgehead atoms. The van der Waals surface area contributed by atoms with Crippen LogP contribution in [0.25, 0.3) is 17.2 Å². The molecule has 0 aliphatic carbocycles. The van der Waals surface area contributed by atoms with Crippen molar-refractivity contribution in [2.45, 2.75) is 17.4 Å². The molecule has 0 radical (unpaired) electrons. The molecule has 1 fully saturated rings. The molecule has 2 N–H and O–H groups in total. The molecule has 136 valence electrons. The van der Waals surface area contributed by atoms with Crippen LogP contribution in [0.5, 0.6) is 5.75 Å². The van der Waals surface area contributed by atoms with Crippen LogP contribution >= 0.6 is 35.1 Å². The summed E-state index contributed by atoms with van der Waals surface area (Å²) in [5.41, 5.74) is 3.43. The summed E-state index contributed by atoms with van der Waals surface area (Å²) in [7, 11) is 0. The molecule has 0 amide bonds. The lowest BCUT2D eigenvalue weighted by atomic mass is 9.99. The van der Waals surface area contributed by atoms with Crippen LogP contribution in [0.3, 0.4) is 0 Å². The normalized spacial score (nSPS) is 16.7. The van der Waals surface area contributed by atoms with Gasteiger partial charge in [-0.3, -0.25) is 0 Å². The summed E-state index contributed by atoms with van der Waals surface area (Å²) in [5.74, 6) is 1.47. The summed E-state index contributed by atoms with van der Waals surface area (Å²) in [6.07, 6.45) is 3.78. The van der Waals surface area contributed by atoms with E-state index in [0.29, 0.717) is 10.8 Å². The van der Waals surface area contributed by atoms with Gasteiger partial charge in [0.15, 0.2) is 0 Å². The average Bonchev–Trinajstić information content (AvgIpc) is 2.61. The van der Waals surface area contributed by atoms with E-state index in [1.165, 1.54) is 12.5 Å². The topological polar surface area (TPSA) is 57.5 Å². The first kappa shape index (κ1) is 19.2. The summed E-state index contributed by atoms with van der Waals surface area (Å²) in [6, 6.07) is 11.0. The van der Waals surface area contributed by atoms with E-state index in [0.717, 1.165) is 39.8 Å². The molecule has 2 aromatic rings. The lowest BCUT2D eigenvalue weighted by Crippen LogP contribution is -2.18. The van der Waals surface area contributed by atoms with Crippen LogP contribution in [0.4, 0.5) is 0 Å². The largest absolute Gasteiger partial charge is 0.508 e. The van der Waals surface area contributed by atoms with Crippen molar-refractivity contribution in [1.82, 2.24) is 0 Å². The zero-order valence-corrected chi connectivity index (χ0v) is 16.6. The van der Waals surface area contributed by atoms with Gasteiger partial charge in [0.05, 0.1) is 4.08 Å². The van der Waals surface area contributed by atoms with Crippen LogP contribution in [0, 0.1) is 0 Å². The average molecular weight is 407 g/mol. The molecule has 3 rings (SSSR count). The van der Waals surface area contributed by atoms with Gasteiger partial charge in [0.25, 0.3) is 0 Å². The second-order valence-electron chi connectivity index (χ2n) is 6.14. The highest BCUT2D eigenvalue weighted by atomic mass is 35.5. The van der Waals surface area contributed by atoms with Crippen molar-refractivity contribution in [2.24, 2.45) is 0 Å². The number of phenols is 1. The van der Waals surface area contributed by atoms with E-state index in [-0.39, 0.29) is 4.08 Å². The fraction of sp³-hybridized carbons (Fsp3) is 0.250. The molecule has 1 aliphatic heterocycles. The quantitative estimate of drug-likeness (QED) is 0.623. The smallest absolute Gasteiger partial charge is 0.328 e. The van der Waals surface area contributed by atoms with Gasteiger partial charge in [-0.1, -0.05) is 29.8 Å². The molecular formula is C20H19ClO3S2. The minimum atomic E-state index is -0.996. The predicted octanol–water partition coefficient (Wildman–Crippen LogP) is 5.85. The summed E-state index contributed by atoms with van der Waals surface area (Å²) in [6.45, 7) is 2.15. The Balaban J connectivity index is 1.97. The lowest BCUT2D eigenvalue weighted by Gasteiger charge is -2.33. The summed E-state index contributed by atoms with van der Waals surface area (Å²) in [4.78, 5) is 10.6. The van der Waals surface area contributed by atoms with Gasteiger partial charge in [0.2, 0.25) is 0 Å². The highest BCUT2D eigenvalue weighted by Crippen LogP contribution is 2.53. The fourth-order valence-corrected chi connectivity index (χ4v) is 6.20. The number of carbonyl (C=O) groups is 1. The Bertz CT molecular complexity index is 858. The first-order chi connectivity index (χ1) is 12.4. The minimum absolute atomic E-state index is 0.172. The third-order valence-electron chi connectivity index (χ3n) is 4.25. The third kappa shape index (κ3) is 4.22. The highest BCUT2D eigenvalue weighted by Gasteiger charge is 2.33. The van der Waals surface area contributed by atoms with E-state index in [2.05, 4.69) is 6.92 Å². The van der Waals surface area contributed by atoms with E-state index >= 15 is 0 Å². The molecule has 26 heavy (non-hydrogen) atoms. The predicted molar refractivity (Wildman–Crippen MR) is 112 cm³/mol. The number of rotatable bonds is 4. The van der Waals surface area contributed by atoms with Gasteiger partial charge >= 0.3 is 5.97 Å². The maximum Gasteiger partial charge on any atom is 0.328 e. The van der Waals surface area contributed by atoms with Crippen molar-refractivity contribution in [3.8, 4) is 16.9 Å². The molecule has 2 aromatic carbocycles. The molecule has 1 aliphatic rings. The van der Waals surface area contributed by atoms with E-state index in [9.17, 15) is 9.90 Å². The molecule has 0 atom stereocenters. The number of aromatic hydroxyl groups is 1. The van der Waals surface area contributed by atoms with Crippen molar-refractivity contribution >= 4 is 47.2 Å². The number of carboxylic acids is 1. The van der Waals surface area contributed by atoms with Gasteiger partial charge in [-0.25, -0.2) is 4.79 Å². The van der Waals surface area contributed by atoms with E-state index in [1.54, 1.807) is 12.1 Å². The second kappa shape index (κ2) is 7.99. The summed E-state index contributed by atoms with van der Waals surface area (Å²) < 4.78 is -0.172. The lowest BCUT2D eigenvalue weighted by molar-refractivity contribution is -0.131. The number of aliphatic carboxylic acids is 1. The van der Waals surface area contributed by atoms with Gasteiger partial charge in [-0.05, 0) is 60.3 Å². The number of hydrogen-bond donors (Lipinski definition) is 2. The number of carboxylic acid groups (broad SMARTS) is 1. The monoisotopic (exact) mass is 406 g/mol. The number of hydrogen-bond acceptors (Lipinski definition) is 4. The van der Waals surface area contributed by atoms with E-state index < -0.39 is 5.97 Å². The second-order valence-corrected chi connectivity index (χ2v) is 9.83. The van der Waals surface area contributed by atoms with Crippen molar-refractivity contribution < 1.29 is 15.0 Å². The molecule has 0 saturated carbocycles. The van der Waals surface area contributed by atoms with E-state index in [1.807, 2.05) is 47.8 Å². The number of phenolic OH excluding ortho intramolecular Hbond substituents is 1. The molecule has 6 heteroatoms. The van der Waals surface area contributed by atoms with Crippen LogP contribution in [-0.4, -0.2) is 27.7 Å². The molecule has 0 unspecified atom stereocenters. The molecular weight excluding hydrogens is 388 g/mol. The van der Waals surface area contributed by atoms with Crippen molar-refractivity contribution in [3.63, 3.8) is 0 Å². The summed E-state index contributed by atoms with van der Waals surface area (Å²) in [5, 5.41) is 19.7. The van der Waals surface area contributed by atoms with Gasteiger partial charge in [0, 0.05) is 22.2 Å². The van der Waals surface area contributed by atoms with Gasteiger partial charge in [0.1, 0.15) is 5.75 Å². The Hall–Kier alpha value is -1.56. The fourth-order valence-electron chi connectivity index (χ4n) is 2.89. The molecule has 1 saturated heterocycles. The first-order valence-electron chi connectivity index (χ1n) is 8.21. The standard InChI is InChI=1S/C20H19ClO3S2/c1-20(25-9-2-10-26-20)16-12-14(5-7-18(16)22)15-6-3-13(11-17(15)21)4-8-19(23)24/h3-8,11-12,22H,2,9-10H2,1H3,(H,23,24)/b8-4+. The number of halogens is 1. The van der Waals surface area contributed by atoms with Crippen molar-refractivity contribution in [3.05, 3.63) is 58.6 Å². The minimum Gasteiger partial charge on any atom is -0.508 e. The molecule has 1 heterocycles. The Kier molecular flexibility index (Phi) is 5.90. The van der Waals surface area contributed by atoms with Gasteiger partial charge < -0.3 is 10.2 Å². The molecule has 0 spiro atoms. The van der Waals surface area contributed by atoms with Crippen LogP contribution in [-0.2, 0) is 8.87 Å². The number of benzene rings is 2. The summed E-state index contributed by atoms with van der Waals surface area (Å²) >= 11 is 10.2.